The van der Waals surface area contributed by atoms with Crippen molar-refractivity contribution in [2.45, 2.75) is 25.4 Å². The molecule has 1 heterocycles. The summed E-state index contributed by atoms with van der Waals surface area (Å²) in [4.78, 5) is 14.3. The second kappa shape index (κ2) is 9.28. The summed E-state index contributed by atoms with van der Waals surface area (Å²) < 4.78 is 0. The van der Waals surface area contributed by atoms with Crippen LogP contribution in [0.3, 0.4) is 0 Å². The molecule has 3 rings (SSSR count). The van der Waals surface area contributed by atoms with Gasteiger partial charge in [0, 0.05) is 31.9 Å². The molecule has 27 heavy (non-hydrogen) atoms. The number of nitrogens with one attached hydrogen (secondary N) is 2. The Balaban J connectivity index is 1.36. The predicted octanol–water partition coefficient (Wildman–Crippen LogP) is 2.57. The summed E-state index contributed by atoms with van der Waals surface area (Å²) in [7, 11) is 0. The van der Waals surface area contributed by atoms with E-state index in [1.165, 1.54) is 23.4 Å². The molecule has 1 aliphatic rings. The molecule has 1 atom stereocenters. The molecule has 0 saturated carbocycles. The highest BCUT2D eigenvalue weighted by Crippen LogP contribution is 2.26. The number of anilines is 1. The van der Waals surface area contributed by atoms with E-state index in [0.717, 1.165) is 32.4 Å². The maximum Gasteiger partial charge on any atom is 0.314 e. The Morgan fingerprint density at radius 1 is 1.15 bits per heavy atom. The number of aliphatic hydroxyl groups excluding tert-OH is 1. The maximum atomic E-state index is 11.9. The summed E-state index contributed by atoms with van der Waals surface area (Å²) in [5.41, 5.74) is 3.27. The van der Waals surface area contributed by atoms with Crippen molar-refractivity contribution in [1.82, 2.24) is 10.6 Å². The Morgan fingerprint density at radius 3 is 2.85 bits per heavy atom. The van der Waals surface area contributed by atoms with E-state index in [0.29, 0.717) is 12.1 Å². The number of aliphatic hydroxyl groups is 1. The number of urea groups is 1. The van der Waals surface area contributed by atoms with Crippen LogP contribution >= 0.6 is 0 Å². The van der Waals surface area contributed by atoms with Gasteiger partial charge in [-0.05, 0) is 48.6 Å². The summed E-state index contributed by atoms with van der Waals surface area (Å²) in [5.74, 6) is 0.0929. The molecule has 144 valence electrons. The zero-order chi connectivity index (χ0) is 19.1. The normalized spacial score (nSPS) is 14.3. The number of rotatable bonds is 7. The van der Waals surface area contributed by atoms with Gasteiger partial charge in [-0.2, -0.15) is 0 Å². The minimum Gasteiger partial charge on any atom is -0.508 e. The number of carbonyl (C=O) groups is 1. The van der Waals surface area contributed by atoms with Gasteiger partial charge >= 0.3 is 6.03 Å². The van der Waals surface area contributed by atoms with Crippen molar-refractivity contribution in [2.24, 2.45) is 0 Å². The largest absolute Gasteiger partial charge is 0.508 e. The number of amides is 2. The molecule has 2 aromatic rings. The van der Waals surface area contributed by atoms with Gasteiger partial charge in [0.1, 0.15) is 5.75 Å². The molecule has 1 aliphatic heterocycles. The second-order valence-electron chi connectivity index (χ2n) is 6.82. The van der Waals surface area contributed by atoms with Crippen LogP contribution in [-0.4, -0.2) is 42.4 Å². The van der Waals surface area contributed by atoms with Crippen LogP contribution in [0.15, 0.2) is 48.5 Å². The molecular weight excluding hydrogens is 342 g/mol. The Morgan fingerprint density at radius 2 is 2.00 bits per heavy atom. The van der Waals surface area contributed by atoms with E-state index >= 15 is 0 Å². The molecular formula is C21H27N3O3. The van der Waals surface area contributed by atoms with Crippen LogP contribution in [0.5, 0.6) is 5.75 Å². The lowest BCUT2D eigenvalue weighted by molar-refractivity contribution is 0.173. The number of phenolic OH excluding ortho intramolecular Hbond substituents is 1. The van der Waals surface area contributed by atoms with Crippen molar-refractivity contribution in [2.75, 3.05) is 31.1 Å². The van der Waals surface area contributed by atoms with Crippen molar-refractivity contribution in [3.63, 3.8) is 0 Å². The summed E-state index contributed by atoms with van der Waals surface area (Å²) in [5, 5.41) is 25.0. The minimum atomic E-state index is -0.854. The first kappa shape index (κ1) is 19.0. The van der Waals surface area contributed by atoms with Gasteiger partial charge in [0.15, 0.2) is 0 Å². The first-order valence-electron chi connectivity index (χ1n) is 9.45. The Labute approximate surface area is 159 Å². The van der Waals surface area contributed by atoms with Gasteiger partial charge in [0.05, 0.1) is 6.10 Å². The molecule has 6 heteroatoms. The number of nitrogens with zero attached hydrogens (tertiary/aromatic N) is 1. The summed E-state index contributed by atoms with van der Waals surface area (Å²) in [6.07, 6.45) is 2.30. The van der Waals surface area contributed by atoms with Crippen LogP contribution in [0.4, 0.5) is 10.5 Å². The first-order valence-corrected chi connectivity index (χ1v) is 9.45. The zero-order valence-corrected chi connectivity index (χ0v) is 15.4. The quantitative estimate of drug-likeness (QED) is 0.565. The van der Waals surface area contributed by atoms with E-state index in [9.17, 15) is 15.0 Å². The van der Waals surface area contributed by atoms with Gasteiger partial charge in [-0.25, -0.2) is 4.79 Å². The zero-order valence-electron chi connectivity index (χ0n) is 15.4. The van der Waals surface area contributed by atoms with Crippen molar-refractivity contribution in [3.8, 4) is 5.75 Å². The molecule has 0 spiro atoms. The van der Waals surface area contributed by atoms with E-state index in [2.05, 4.69) is 39.8 Å². The summed E-state index contributed by atoms with van der Waals surface area (Å²) in [6.45, 7) is 2.63. The van der Waals surface area contributed by atoms with Gasteiger partial charge in [-0.3, -0.25) is 0 Å². The van der Waals surface area contributed by atoms with E-state index in [1.54, 1.807) is 12.1 Å². The third-order valence-corrected chi connectivity index (χ3v) is 4.81. The second-order valence-corrected chi connectivity index (χ2v) is 6.82. The van der Waals surface area contributed by atoms with Crippen LogP contribution in [0, 0.1) is 0 Å². The lowest BCUT2D eigenvalue weighted by atomic mass is 10.0. The van der Waals surface area contributed by atoms with Gasteiger partial charge in [0.25, 0.3) is 0 Å². The van der Waals surface area contributed by atoms with Gasteiger partial charge < -0.3 is 25.7 Å². The highest BCUT2D eigenvalue weighted by molar-refractivity contribution is 5.73. The fraction of sp³-hybridized carbons (Fsp3) is 0.381. The number of aryl methyl sites for hydroxylation is 1. The van der Waals surface area contributed by atoms with Crippen molar-refractivity contribution in [1.29, 1.82) is 0 Å². The number of para-hydroxylation sites is 1. The molecule has 2 amide bonds. The molecule has 2 aromatic carbocycles. The van der Waals surface area contributed by atoms with Crippen LogP contribution in [0.2, 0.25) is 0 Å². The van der Waals surface area contributed by atoms with Gasteiger partial charge in [0.2, 0.25) is 0 Å². The maximum absolute atomic E-state index is 11.9. The standard InChI is InChI=1S/C21H27N3O3/c25-18-9-3-7-17(14-18)20(26)15-23-21(27)22-11-5-13-24-12-4-8-16-6-1-2-10-19(16)24/h1-3,6-7,9-10,14,20,25-26H,4-5,8,11-13,15H2,(H2,22,23,27). The molecule has 0 fully saturated rings. The third kappa shape index (κ3) is 5.37. The average Bonchev–Trinajstić information content (AvgIpc) is 2.69. The Kier molecular flexibility index (Phi) is 6.54. The molecule has 4 N–H and O–H groups in total. The monoisotopic (exact) mass is 369 g/mol. The van der Waals surface area contributed by atoms with Crippen LogP contribution in [0.1, 0.15) is 30.1 Å². The number of aromatic hydroxyl groups is 1. The lowest BCUT2D eigenvalue weighted by Crippen LogP contribution is -2.39. The fourth-order valence-corrected chi connectivity index (χ4v) is 3.42. The molecule has 6 nitrogen and oxygen atoms in total. The average molecular weight is 369 g/mol. The number of phenols is 1. The Hall–Kier alpha value is -2.73. The van der Waals surface area contributed by atoms with E-state index in [1.807, 2.05) is 0 Å². The lowest BCUT2D eigenvalue weighted by Gasteiger charge is -2.31. The van der Waals surface area contributed by atoms with E-state index in [4.69, 9.17) is 0 Å². The molecule has 0 aromatic heterocycles. The Bertz CT molecular complexity index is 766. The number of hydrogen-bond acceptors (Lipinski definition) is 4. The molecule has 1 unspecified atom stereocenters. The van der Waals surface area contributed by atoms with Gasteiger partial charge in [-0.15, -0.1) is 0 Å². The molecule has 0 radical (unpaired) electrons. The van der Waals surface area contributed by atoms with Crippen molar-refractivity contribution < 1.29 is 15.0 Å². The van der Waals surface area contributed by atoms with Crippen LogP contribution in [0.25, 0.3) is 0 Å². The SMILES string of the molecule is O=C(NCCCN1CCCc2ccccc21)NCC(O)c1cccc(O)c1. The van der Waals surface area contributed by atoms with E-state index < -0.39 is 6.10 Å². The minimum absolute atomic E-state index is 0.0921. The fourth-order valence-electron chi connectivity index (χ4n) is 3.42. The summed E-state index contributed by atoms with van der Waals surface area (Å²) in [6, 6.07) is 14.6. The van der Waals surface area contributed by atoms with Crippen LogP contribution in [-0.2, 0) is 6.42 Å². The molecule has 0 saturated heterocycles. The predicted molar refractivity (Wildman–Crippen MR) is 106 cm³/mol. The summed E-state index contributed by atoms with van der Waals surface area (Å²) >= 11 is 0. The highest BCUT2D eigenvalue weighted by atomic mass is 16.3. The number of hydrogen-bond donors (Lipinski definition) is 4. The molecule has 0 aliphatic carbocycles. The first-order chi connectivity index (χ1) is 13.1. The number of fused-ring (bicyclic) bond motifs is 1. The highest BCUT2D eigenvalue weighted by Gasteiger charge is 2.15. The molecule has 0 bridgehead atoms. The van der Waals surface area contributed by atoms with E-state index in [-0.39, 0.29) is 18.3 Å². The van der Waals surface area contributed by atoms with Crippen molar-refractivity contribution >= 4 is 11.7 Å². The third-order valence-electron chi connectivity index (χ3n) is 4.81. The number of carbonyl (C=O) groups excluding carboxylic acids is 1. The number of benzene rings is 2. The topological polar surface area (TPSA) is 84.8 Å². The van der Waals surface area contributed by atoms with Gasteiger partial charge in [-0.1, -0.05) is 30.3 Å². The smallest absolute Gasteiger partial charge is 0.314 e. The van der Waals surface area contributed by atoms with Crippen molar-refractivity contribution in [3.05, 3.63) is 59.7 Å². The van der Waals surface area contributed by atoms with Crippen LogP contribution < -0.4 is 15.5 Å².